The van der Waals surface area contributed by atoms with E-state index in [1.807, 2.05) is 6.07 Å². The molecule has 2 aliphatic rings. The molecule has 0 aliphatic carbocycles. The lowest BCUT2D eigenvalue weighted by molar-refractivity contribution is 0.0607. The van der Waals surface area contributed by atoms with Crippen molar-refractivity contribution in [2.75, 3.05) is 37.6 Å². The second-order valence-corrected chi connectivity index (χ2v) is 10.4. The number of nitrogens with zero attached hydrogens (tertiary/aromatic N) is 6. The molecule has 2 aromatic rings. The summed E-state index contributed by atoms with van der Waals surface area (Å²) in [5, 5.41) is 12.5. The average Bonchev–Trinajstić information content (AvgIpc) is 2.89. The molecule has 37 heavy (non-hydrogen) atoms. The minimum atomic E-state index is -0.231. The van der Waals surface area contributed by atoms with E-state index in [0.717, 1.165) is 63.4 Å². The molecule has 2 saturated heterocycles. The molecule has 0 saturated carbocycles. The molecule has 198 valence electrons. The van der Waals surface area contributed by atoms with Gasteiger partial charge in [-0.25, -0.2) is 9.37 Å². The van der Waals surface area contributed by atoms with Crippen LogP contribution in [0.1, 0.15) is 37.3 Å². The van der Waals surface area contributed by atoms with E-state index in [0.29, 0.717) is 40.8 Å². The van der Waals surface area contributed by atoms with Gasteiger partial charge in [0.1, 0.15) is 11.6 Å². The predicted molar refractivity (Wildman–Crippen MR) is 146 cm³/mol. The molecule has 0 radical (unpaired) electrons. The van der Waals surface area contributed by atoms with Crippen molar-refractivity contribution >= 4 is 35.0 Å². The van der Waals surface area contributed by atoms with Crippen molar-refractivity contribution in [3.8, 4) is 6.19 Å². The number of nitrogens with one attached hydrogen (secondary N) is 1. The van der Waals surface area contributed by atoms with E-state index in [-0.39, 0.29) is 11.8 Å². The van der Waals surface area contributed by atoms with Crippen LogP contribution in [-0.2, 0) is 13.1 Å². The second kappa shape index (κ2) is 12.7. The Morgan fingerprint density at radius 3 is 2.70 bits per heavy atom. The minimum Gasteiger partial charge on any atom is -0.369 e. The van der Waals surface area contributed by atoms with Crippen LogP contribution < -0.4 is 16.0 Å². The van der Waals surface area contributed by atoms with Crippen LogP contribution in [0, 0.1) is 17.3 Å². The van der Waals surface area contributed by atoms with Gasteiger partial charge in [-0.2, -0.15) is 5.26 Å². The maximum atomic E-state index is 14.2. The van der Waals surface area contributed by atoms with Crippen molar-refractivity contribution in [3.63, 3.8) is 0 Å². The van der Waals surface area contributed by atoms with Gasteiger partial charge in [-0.15, -0.1) is 4.99 Å². The number of hydrogen-bond donors (Lipinski definition) is 2. The first-order valence-corrected chi connectivity index (χ1v) is 13.4. The number of nitrogens with two attached hydrogens (primary N) is 1. The van der Waals surface area contributed by atoms with Crippen LogP contribution in [0.3, 0.4) is 0 Å². The van der Waals surface area contributed by atoms with Crippen LogP contribution in [-0.4, -0.2) is 65.6 Å². The highest BCUT2D eigenvalue weighted by molar-refractivity contribution is 6.33. The Morgan fingerprint density at radius 1 is 1.24 bits per heavy atom. The molecule has 4 rings (SSSR count). The second-order valence-electron chi connectivity index (χ2n) is 9.59. The lowest BCUT2D eigenvalue weighted by Gasteiger charge is -2.47. The highest BCUT2D eigenvalue weighted by Crippen LogP contribution is 2.30. The quantitative estimate of drug-likeness (QED) is 0.308. The van der Waals surface area contributed by atoms with Crippen LogP contribution in [0.5, 0.6) is 0 Å². The molecule has 2 aliphatic heterocycles. The number of aromatic nitrogens is 1. The molecule has 0 spiro atoms. The number of guanidine groups is 1. The normalized spacial score (nSPS) is 20.1. The number of hydrogen-bond acceptors (Lipinski definition) is 6. The third-order valence-electron chi connectivity index (χ3n) is 7.26. The molecule has 8 nitrogen and oxygen atoms in total. The first-order valence-electron chi connectivity index (χ1n) is 12.7. The summed E-state index contributed by atoms with van der Waals surface area (Å²) in [5.74, 6) is 0.625. The molecule has 3 heterocycles. The molecular weight excluding hydrogens is 514 g/mol. The van der Waals surface area contributed by atoms with E-state index in [1.165, 1.54) is 6.07 Å². The van der Waals surface area contributed by atoms with Gasteiger partial charge in [-0.1, -0.05) is 36.2 Å². The number of nitriles is 1. The van der Waals surface area contributed by atoms with Crippen LogP contribution in [0.2, 0.25) is 10.0 Å². The smallest absolute Gasteiger partial charge is 0.209 e. The molecule has 1 aromatic heterocycles. The Bertz CT molecular complexity index is 1150. The lowest BCUT2D eigenvalue weighted by Crippen LogP contribution is -2.58. The molecular formula is C26H33Cl2FN8. The van der Waals surface area contributed by atoms with Gasteiger partial charge in [-0.05, 0) is 56.1 Å². The van der Waals surface area contributed by atoms with E-state index >= 15 is 0 Å². The molecule has 0 bridgehead atoms. The topological polar surface area (TPSA) is 96.8 Å². The van der Waals surface area contributed by atoms with E-state index in [2.05, 4.69) is 36.9 Å². The predicted octanol–water partition coefficient (Wildman–Crippen LogP) is 3.98. The molecule has 2 fully saturated rings. The number of piperidine rings is 1. The van der Waals surface area contributed by atoms with E-state index < -0.39 is 0 Å². The van der Waals surface area contributed by atoms with Crippen LogP contribution in [0.4, 0.5) is 10.2 Å². The van der Waals surface area contributed by atoms with Gasteiger partial charge in [0.05, 0.1) is 5.02 Å². The van der Waals surface area contributed by atoms with Crippen LogP contribution >= 0.6 is 23.2 Å². The van der Waals surface area contributed by atoms with Crippen molar-refractivity contribution in [2.45, 2.75) is 51.4 Å². The maximum absolute atomic E-state index is 14.2. The Morgan fingerprint density at radius 2 is 2.03 bits per heavy atom. The average molecular weight is 548 g/mol. The molecule has 0 unspecified atom stereocenters. The summed E-state index contributed by atoms with van der Waals surface area (Å²) < 4.78 is 14.2. The first kappa shape index (κ1) is 27.4. The molecule has 1 atom stereocenters. The van der Waals surface area contributed by atoms with Crippen molar-refractivity contribution in [2.24, 2.45) is 10.7 Å². The minimum absolute atomic E-state index is 0.0626. The summed E-state index contributed by atoms with van der Waals surface area (Å²) in [7, 11) is 0. The number of pyridine rings is 1. The lowest BCUT2D eigenvalue weighted by atomic mass is 9.97. The number of likely N-dealkylation sites (tertiary alicyclic amines) is 1. The SMILES string of the molecule is CC[C@H]1CN(c2ncc(CN/C(N)=N\C#N)cc2Cl)CCN1C1CCN(Cc2ccc(Cl)cc2F)CC1. The van der Waals surface area contributed by atoms with Gasteiger partial charge in [0.25, 0.3) is 0 Å². The molecule has 0 amide bonds. The Labute approximate surface area is 227 Å². The zero-order chi connectivity index (χ0) is 26.4. The monoisotopic (exact) mass is 546 g/mol. The fourth-order valence-corrected chi connectivity index (χ4v) is 5.76. The van der Waals surface area contributed by atoms with Crippen molar-refractivity contribution in [3.05, 3.63) is 57.5 Å². The van der Waals surface area contributed by atoms with Crippen LogP contribution in [0.15, 0.2) is 35.5 Å². The zero-order valence-electron chi connectivity index (χ0n) is 21.0. The van der Waals surface area contributed by atoms with Gasteiger partial charge in [-0.3, -0.25) is 9.80 Å². The fraction of sp³-hybridized carbons (Fsp3) is 0.500. The Hall–Kier alpha value is -2.64. The van der Waals surface area contributed by atoms with Gasteiger partial charge in [0.2, 0.25) is 12.2 Å². The highest BCUT2D eigenvalue weighted by Gasteiger charge is 2.34. The fourth-order valence-electron chi connectivity index (χ4n) is 5.29. The summed E-state index contributed by atoms with van der Waals surface area (Å²) in [4.78, 5) is 15.3. The maximum Gasteiger partial charge on any atom is 0.209 e. The number of halogens is 3. The summed E-state index contributed by atoms with van der Waals surface area (Å²) in [5.41, 5.74) is 7.17. The van der Waals surface area contributed by atoms with E-state index in [4.69, 9.17) is 34.2 Å². The highest BCUT2D eigenvalue weighted by atomic mass is 35.5. The summed E-state index contributed by atoms with van der Waals surface area (Å²) in [6.45, 7) is 7.84. The van der Waals surface area contributed by atoms with Crippen molar-refractivity contribution in [1.29, 1.82) is 5.26 Å². The zero-order valence-corrected chi connectivity index (χ0v) is 22.5. The van der Waals surface area contributed by atoms with Gasteiger partial charge in [0, 0.05) is 61.6 Å². The van der Waals surface area contributed by atoms with E-state index in [1.54, 1.807) is 24.5 Å². The summed E-state index contributed by atoms with van der Waals surface area (Å²) in [6.07, 6.45) is 6.62. The number of benzene rings is 1. The third-order valence-corrected chi connectivity index (χ3v) is 7.77. The number of anilines is 1. The third kappa shape index (κ3) is 7.02. The van der Waals surface area contributed by atoms with Crippen LogP contribution in [0.25, 0.3) is 0 Å². The molecule has 1 aromatic carbocycles. The first-order chi connectivity index (χ1) is 17.9. The van der Waals surface area contributed by atoms with Gasteiger partial charge in [0.15, 0.2) is 0 Å². The summed E-state index contributed by atoms with van der Waals surface area (Å²) in [6, 6.07) is 7.75. The molecule has 11 heteroatoms. The standard InChI is InChI=1S/C26H33Cl2FN8/c1-2-21-16-36(25-23(28)11-18(13-32-25)14-33-26(31)34-17-30)9-10-37(21)22-5-7-35(8-6-22)15-19-3-4-20(27)12-24(19)29/h3-4,11-13,21-22H,2,5-10,14-16H2,1H3,(H3,31,33,34)/t21-/m0/s1. The molecule has 3 N–H and O–H groups in total. The summed E-state index contributed by atoms with van der Waals surface area (Å²) >= 11 is 12.5. The van der Waals surface area contributed by atoms with Crippen molar-refractivity contribution in [1.82, 2.24) is 20.1 Å². The van der Waals surface area contributed by atoms with Crippen molar-refractivity contribution < 1.29 is 4.39 Å². The van der Waals surface area contributed by atoms with Gasteiger partial charge >= 0.3 is 0 Å². The Balaban J connectivity index is 1.31. The van der Waals surface area contributed by atoms with Gasteiger partial charge < -0.3 is 16.0 Å². The largest absolute Gasteiger partial charge is 0.369 e. The number of piperazine rings is 1. The Kier molecular flexibility index (Phi) is 9.43. The number of rotatable bonds is 7. The number of aliphatic imine (C=N–C) groups is 1. The van der Waals surface area contributed by atoms with E-state index in [9.17, 15) is 4.39 Å².